The van der Waals surface area contributed by atoms with Crippen molar-refractivity contribution in [2.24, 2.45) is 0 Å². The van der Waals surface area contributed by atoms with Crippen LogP contribution in [0.4, 0.5) is 4.39 Å². The zero-order valence-corrected chi connectivity index (χ0v) is 16.1. The van der Waals surface area contributed by atoms with Crippen LogP contribution in [-0.4, -0.2) is 28.8 Å². The number of nitrogens with one attached hydrogen (secondary N) is 1. The third-order valence-corrected chi connectivity index (χ3v) is 4.67. The fraction of sp³-hybridized carbons (Fsp3) is 0.364. The molecule has 0 fully saturated rings. The predicted molar refractivity (Wildman–Crippen MR) is 104 cm³/mol. The molecule has 0 saturated heterocycles. The summed E-state index contributed by atoms with van der Waals surface area (Å²) in [6.07, 6.45) is 0.958. The van der Waals surface area contributed by atoms with Gasteiger partial charge in [0.1, 0.15) is 11.9 Å². The van der Waals surface area contributed by atoms with Crippen molar-refractivity contribution in [2.45, 2.75) is 52.2 Å². The number of carbonyl (C=O) groups is 2. The van der Waals surface area contributed by atoms with Gasteiger partial charge in [-0.2, -0.15) is 0 Å². The Morgan fingerprint density at radius 1 is 1.04 bits per heavy atom. The van der Waals surface area contributed by atoms with Crippen LogP contribution in [0, 0.1) is 5.82 Å². The molecule has 0 aliphatic rings. The summed E-state index contributed by atoms with van der Waals surface area (Å²) in [5.74, 6) is -0.831. The van der Waals surface area contributed by atoms with Crippen LogP contribution in [-0.2, 0) is 22.6 Å². The zero-order chi connectivity index (χ0) is 19.8. The van der Waals surface area contributed by atoms with Crippen LogP contribution < -0.4 is 5.32 Å². The molecule has 0 bridgehead atoms. The molecule has 5 heteroatoms. The highest BCUT2D eigenvalue weighted by molar-refractivity contribution is 5.88. The van der Waals surface area contributed by atoms with Crippen molar-refractivity contribution in [1.29, 1.82) is 0 Å². The van der Waals surface area contributed by atoms with Gasteiger partial charge in [-0.05, 0) is 31.9 Å². The summed E-state index contributed by atoms with van der Waals surface area (Å²) >= 11 is 0. The number of amides is 2. The van der Waals surface area contributed by atoms with Crippen molar-refractivity contribution in [3.63, 3.8) is 0 Å². The average molecular weight is 370 g/mol. The van der Waals surface area contributed by atoms with Gasteiger partial charge in [0.25, 0.3) is 0 Å². The maximum Gasteiger partial charge on any atom is 0.242 e. The number of hydrogen-bond donors (Lipinski definition) is 1. The molecule has 0 unspecified atom stereocenters. The van der Waals surface area contributed by atoms with Gasteiger partial charge in [0.05, 0.1) is 6.42 Å². The zero-order valence-electron chi connectivity index (χ0n) is 16.1. The predicted octanol–water partition coefficient (Wildman–Crippen LogP) is 3.70. The van der Waals surface area contributed by atoms with E-state index >= 15 is 0 Å². The van der Waals surface area contributed by atoms with Crippen LogP contribution in [0.3, 0.4) is 0 Å². The number of carbonyl (C=O) groups excluding carboxylic acids is 2. The first-order valence-corrected chi connectivity index (χ1v) is 9.29. The largest absolute Gasteiger partial charge is 0.352 e. The molecule has 27 heavy (non-hydrogen) atoms. The first kappa shape index (κ1) is 20.6. The summed E-state index contributed by atoms with van der Waals surface area (Å²) in [7, 11) is 0. The van der Waals surface area contributed by atoms with E-state index in [9.17, 15) is 14.0 Å². The van der Waals surface area contributed by atoms with Crippen molar-refractivity contribution in [3.8, 4) is 0 Å². The quantitative estimate of drug-likeness (QED) is 0.770. The first-order valence-electron chi connectivity index (χ1n) is 9.29. The van der Waals surface area contributed by atoms with Crippen molar-refractivity contribution < 1.29 is 14.0 Å². The number of nitrogens with zero attached hydrogens (tertiary/aromatic N) is 1. The second-order valence-corrected chi connectivity index (χ2v) is 6.77. The van der Waals surface area contributed by atoms with Gasteiger partial charge in [-0.1, -0.05) is 55.5 Å². The molecule has 2 aromatic carbocycles. The minimum atomic E-state index is -0.699. The van der Waals surface area contributed by atoms with E-state index in [0.717, 1.165) is 12.0 Å². The Balaban J connectivity index is 2.22. The summed E-state index contributed by atoms with van der Waals surface area (Å²) in [4.78, 5) is 27.0. The highest BCUT2D eigenvalue weighted by Crippen LogP contribution is 2.15. The van der Waals surface area contributed by atoms with E-state index in [1.807, 2.05) is 44.2 Å². The third-order valence-electron chi connectivity index (χ3n) is 4.67. The SMILES string of the molecule is CC[C@@H](C)NC(=O)[C@@H](C)N(Cc1ccccc1F)C(=O)Cc1ccccc1. The lowest BCUT2D eigenvalue weighted by atomic mass is 10.1. The van der Waals surface area contributed by atoms with Gasteiger partial charge in [-0.25, -0.2) is 4.39 Å². The first-order chi connectivity index (χ1) is 12.9. The number of halogens is 1. The summed E-state index contributed by atoms with van der Waals surface area (Å²) < 4.78 is 14.1. The Kier molecular flexibility index (Phi) is 7.53. The molecule has 4 nitrogen and oxygen atoms in total. The highest BCUT2D eigenvalue weighted by atomic mass is 19.1. The Morgan fingerprint density at radius 2 is 1.67 bits per heavy atom. The third kappa shape index (κ3) is 5.91. The van der Waals surface area contributed by atoms with Crippen LogP contribution in [0.15, 0.2) is 54.6 Å². The van der Waals surface area contributed by atoms with Gasteiger partial charge in [0.15, 0.2) is 0 Å². The van der Waals surface area contributed by atoms with Gasteiger partial charge in [0, 0.05) is 18.2 Å². The summed E-state index contributed by atoms with van der Waals surface area (Å²) in [6.45, 7) is 5.62. The highest BCUT2D eigenvalue weighted by Gasteiger charge is 2.27. The number of rotatable bonds is 8. The Labute approximate surface area is 160 Å². The van der Waals surface area contributed by atoms with Crippen LogP contribution in [0.5, 0.6) is 0 Å². The molecule has 0 aliphatic carbocycles. The van der Waals surface area contributed by atoms with Crippen LogP contribution in [0.25, 0.3) is 0 Å². The van der Waals surface area contributed by atoms with Gasteiger partial charge in [0.2, 0.25) is 11.8 Å². The Bertz CT molecular complexity index is 764. The van der Waals surface area contributed by atoms with E-state index in [0.29, 0.717) is 5.56 Å². The maximum atomic E-state index is 14.1. The maximum absolute atomic E-state index is 14.1. The van der Waals surface area contributed by atoms with E-state index < -0.39 is 6.04 Å². The smallest absolute Gasteiger partial charge is 0.242 e. The van der Waals surface area contributed by atoms with Gasteiger partial charge >= 0.3 is 0 Å². The monoisotopic (exact) mass is 370 g/mol. The number of hydrogen-bond acceptors (Lipinski definition) is 2. The lowest BCUT2D eigenvalue weighted by Crippen LogP contribution is -2.50. The molecular formula is C22H27FN2O2. The van der Waals surface area contributed by atoms with E-state index in [1.165, 1.54) is 11.0 Å². The molecule has 2 amide bonds. The molecule has 1 N–H and O–H groups in total. The molecule has 0 heterocycles. The molecule has 2 rings (SSSR count). The fourth-order valence-electron chi connectivity index (χ4n) is 2.73. The number of benzene rings is 2. The van der Waals surface area contributed by atoms with Crippen LogP contribution >= 0.6 is 0 Å². The molecule has 144 valence electrons. The van der Waals surface area contributed by atoms with Crippen molar-refractivity contribution >= 4 is 11.8 Å². The van der Waals surface area contributed by atoms with Crippen LogP contribution in [0.1, 0.15) is 38.3 Å². The van der Waals surface area contributed by atoms with E-state index in [4.69, 9.17) is 0 Å². The second-order valence-electron chi connectivity index (χ2n) is 6.77. The second kappa shape index (κ2) is 9.86. The lowest BCUT2D eigenvalue weighted by molar-refractivity contribution is -0.140. The molecular weight excluding hydrogens is 343 g/mol. The standard InChI is InChI=1S/C22H27FN2O2/c1-4-16(2)24-22(27)17(3)25(15-19-12-8-9-13-20(19)23)21(26)14-18-10-6-5-7-11-18/h5-13,16-17H,4,14-15H2,1-3H3,(H,24,27)/t16-,17-/m1/s1. The van der Waals surface area contributed by atoms with Gasteiger partial charge in [-0.15, -0.1) is 0 Å². The molecule has 2 aromatic rings. The van der Waals surface area contributed by atoms with Crippen LogP contribution in [0.2, 0.25) is 0 Å². The van der Waals surface area contributed by atoms with Crippen molar-refractivity contribution in [3.05, 3.63) is 71.5 Å². The Morgan fingerprint density at radius 3 is 2.30 bits per heavy atom. The van der Waals surface area contributed by atoms with E-state index in [2.05, 4.69) is 5.32 Å². The average Bonchev–Trinajstić information content (AvgIpc) is 2.67. The van der Waals surface area contributed by atoms with E-state index in [-0.39, 0.29) is 36.6 Å². The van der Waals surface area contributed by atoms with E-state index in [1.54, 1.807) is 25.1 Å². The normalized spacial score (nSPS) is 12.9. The minimum absolute atomic E-state index is 0.0134. The Hall–Kier alpha value is -2.69. The van der Waals surface area contributed by atoms with Gasteiger partial charge in [-0.3, -0.25) is 9.59 Å². The minimum Gasteiger partial charge on any atom is -0.352 e. The lowest BCUT2D eigenvalue weighted by Gasteiger charge is -2.30. The molecule has 0 radical (unpaired) electrons. The van der Waals surface area contributed by atoms with Crippen molar-refractivity contribution in [1.82, 2.24) is 10.2 Å². The molecule has 0 aromatic heterocycles. The van der Waals surface area contributed by atoms with Gasteiger partial charge < -0.3 is 10.2 Å². The topological polar surface area (TPSA) is 49.4 Å². The van der Waals surface area contributed by atoms with Crippen molar-refractivity contribution in [2.75, 3.05) is 0 Å². The summed E-state index contributed by atoms with van der Waals surface area (Å²) in [5.41, 5.74) is 1.25. The molecule has 0 saturated carbocycles. The summed E-state index contributed by atoms with van der Waals surface area (Å²) in [6, 6.07) is 15.0. The fourth-order valence-corrected chi connectivity index (χ4v) is 2.73. The summed E-state index contributed by atoms with van der Waals surface area (Å²) in [5, 5.41) is 2.90. The molecule has 0 spiro atoms. The molecule has 0 aliphatic heterocycles. The molecule has 2 atom stereocenters.